The first-order valence-electron chi connectivity index (χ1n) is 7.37. The van der Waals surface area contributed by atoms with Crippen LogP contribution in [0.15, 0.2) is 18.2 Å². The number of ether oxygens (including phenoxy) is 3. The Morgan fingerprint density at radius 1 is 1.42 bits per heavy atom. The first-order chi connectivity index (χ1) is 11.1. The Labute approximate surface area is 136 Å². The molecule has 1 aromatic rings. The van der Waals surface area contributed by atoms with Gasteiger partial charge in [-0.15, -0.1) is 0 Å². The SMILES string of the molecule is CCOC(=O)[C@H]1O[C@@](C)(C(F)(F)F)C[C@H]1c1ccc(F)cc1OC. The van der Waals surface area contributed by atoms with Crippen molar-refractivity contribution >= 4 is 5.97 Å². The van der Waals surface area contributed by atoms with Crippen LogP contribution < -0.4 is 4.74 Å². The third-order valence-corrected chi connectivity index (χ3v) is 4.08. The van der Waals surface area contributed by atoms with Gasteiger partial charge in [0.2, 0.25) is 0 Å². The predicted molar refractivity (Wildman–Crippen MR) is 76.3 cm³/mol. The zero-order valence-electron chi connectivity index (χ0n) is 13.4. The number of halogens is 4. The van der Waals surface area contributed by atoms with Gasteiger partial charge in [0.05, 0.1) is 13.7 Å². The van der Waals surface area contributed by atoms with Crippen LogP contribution in [0, 0.1) is 5.82 Å². The molecule has 0 N–H and O–H groups in total. The molecule has 0 bridgehead atoms. The van der Waals surface area contributed by atoms with E-state index >= 15 is 0 Å². The molecule has 0 unspecified atom stereocenters. The second-order valence-corrected chi connectivity index (χ2v) is 5.72. The Hall–Kier alpha value is -1.83. The van der Waals surface area contributed by atoms with Crippen molar-refractivity contribution in [1.29, 1.82) is 0 Å². The molecule has 0 aromatic heterocycles. The molecule has 0 aliphatic carbocycles. The smallest absolute Gasteiger partial charge is 0.417 e. The summed E-state index contributed by atoms with van der Waals surface area (Å²) in [4.78, 5) is 12.1. The summed E-state index contributed by atoms with van der Waals surface area (Å²) in [6.45, 7) is 2.44. The Balaban J connectivity index is 2.46. The monoisotopic (exact) mass is 350 g/mol. The summed E-state index contributed by atoms with van der Waals surface area (Å²) in [6, 6.07) is 3.46. The molecule has 1 saturated heterocycles. The number of esters is 1. The molecule has 1 heterocycles. The molecule has 3 atom stereocenters. The molecule has 2 rings (SSSR count). The maximum Gasteiger partial charge on any atom is 0.417 e. The molecule has 1 aliphatic heterocycles. The number of benzene rings is 1. The summed E-state index contributed by atoms with van der Waals surface area (Å²) in [5.41, 5.74) is -2.24. The van der Waals surface area contributed by atoms with Crippen LogP contribution in [0.1, 0.15) is 31.7 Å². The molecular formula is C16H18F4O4. The maximum absolute atomic E-state index is 13.4. The van der Waals surface area contributed by atoms with Crippen LogP contribution in [0.25, 0.3) is 0 Å². The highest BCUT2D eigenvalue weighted by Gasteiger charge is 2.61. The molecule has 1 aliphatic rings. The molecule has 0 saturated carbocycles. The fourth-order valence-electron chi connectivity index (χ4n) is 2.82. The van der Waals surface area contributed by atoms with Gasteiger partial charge in [-0.2, -0.15) is 13.2 Å². The zero-order valence-corrected chi connectivity index (χ0v) is 13.4. The van der Waals surface area contributed by atoms with Crippen molar-refractivity contribution in [2.45, 2.75) is 44.1 Å². The first kappa shape index (κ1) is 18.5. The van der Waals surface area contributed by atoms with E-state index in [0.717, 1.165) is 19.1 Å². The molecular weight excluding hydrogens is 332 g/mol. The number of methoxy groups -OCH3 is 1. The Morgan fingerprint density at radius 3 is 2.62 bits per heavy atom. The van der Waals surface area contributed by atoms with E-state index in [2.05, 4.69) is 0 Å². The quantitative estimate of drug-likeness (QED) is 0.615. The summed E-state index contributed by atoms with van der Waals surface area (Å²) < 4.78 is 68.3. The molecule has 4 nitrogen and oxygen atoms in total. The van der Waals surface area contributed by atoms with E-state index in [-0.39, 0.29) is 17.9 Å². The van der Waals surface area contributed by atoms with E-state index in [9.17, 15) is 22.4 Å². The standard InChI is InChI=1S/C16H18F4O4/c1-4-23-14(21)13-11(8-15(2,24-13)16(18,19)20)10-6-5-9(17)7-12(10)22-3/h5-7,11,13H,4,8H2,1-3H3/t11-,13-,15+/m0/s1. The van der Waals surface area contributed by atoms with Crippen molar-refractivity contribution in [3.63, 3.8) is 0 Å². The molecule has 0 spiro atoms. The third kappa shape index (κ3) is 3.33. The van der Waals surface area contributed by atoms with Gasteiger partial charge in [-0.3, -0.25) is 0 Å². The Kier molecular flexibility index (Phi) is 5.08. The van der Waals surface area contributed by atoms with E-state index in [1.165, 1.54) is 13.2 Å². The van der Waals surface area contributed by atoms with E-state index in [1.54, 1.807) is 6.92 Å². The second kappa shape index (κ2) is 6.58. The zero-order chi connectivity index (χ0) is 18.1. The van der Waals surface area contributed by atoms with Crippen LogP contribution in [-0.4, -0.2) is 37.6 Å². The summed E-state index contributed by atoms with van der Waals surface area (Å²) in [5, 5.41) is 0. The van der Waals surface area contributed by atoms with Crippen LogP contribution in [0.3, 0.4) is 0 Å². The van der Waals surface area contributed by atoms with Gasteiger partial charge in [-0.1, -0.05) is 6.07 Å². The van der Waals surface area contributed by atoms with Crippen LogP contribution in [0.5, 0.6) is 5.75 Å². The van der Waals surface area contributed by atoms with Crippen molar-refractivity contribution in [2.24, 2.45) is 0 Å². The largest absolute Gasteiger partial charge is 0.496 e. The van der Waals surface area contributed by atoms with Gasteiger partial charge in [0.15, 0.2) is 11.7 Å². The average Bonchev–Trinajstić information content (AvgIpc) is 2.86. The van der Waals surface area contributed by atoms with Crippen molar-refractivity contribution in [2.75, 3.05) is 13.7 Å². The van der Waals surface area contributed by atoms with Gasteiger partial charge in [-0.25, -0.2) is 9.18 Å². The van der Waals surface area contributed by atoms with Gasteiger partial charge in [0, 0.05) is 17.5 Å². The van der Waals surface area contributed by atoms with E-state index in [4.69, 9.17) is 14.2 Å². The lowest BCUT2D eigenvalue weighted by atomic mass is 9.86. The Bertz CT molecular complexity index is 617. The van der Waals surface area contributed by atoms with Crippen molar-refractivity contribution in [1.82, 2.24) is 0 Å². The molecule has 0 radical (unpaired) electrons. The maximum atomic E-state index is 13.4. The highest BCUT2D eigenvalue weighted by atomic mass is 19.4. The predicted octanol–water partition coefficient (Wildman–Crippen LogP) is 3.59. The lowest BCUT2D eigenvalue weighted by Crippen LogP contribution is -2.43. The van der Waals surface area contributed by atoms with Crippen molar-refractivity contribution < 1.29 is 36.6 Å². The molecule has 1 fully saturated rings. The van der Waals surface area contributed by atoms with E-state index in [0.29, 0.717) is 0 Å². The minimum atomic E-state index is -4.67. The fourth-order valence-corrected chi connectivity index (χ4v) is 2.82. The van der Waals surface area contributed by atoms with Gasteiger partial charge >= 0.3 is 12.1 Å². The fraction of sp³-hybridized carbons (Fsp3) is 0.562. The minimum Gasteiger partial charge on any atom is -0.496 e. The van der Waals surface area contributed by atoms with Crippen LogP contribution >= 0.6 is 0 Å². The Morgan fingerprint density at radius 2 is 2.08 bits per heavy atom. The van der Waals surface area contributed by atoms with Crippen LogP contribution in [0.2, 0.25) is 0 Å². The minimum absolute atomic E-state index is 0.00863. The van der Waals surface area contributed by atoms with Gasteiger partial charge in [-0.05, 0) is 26.3 Å². The molecule has 1 aromatic carbocycles. The van der Waals surface area contributed by atoms with E-state index in [1.807, 2.05) is 0 Å². The number of hydrogen-bond acceptors (Lipinski definition) is 4. The lowest BCUT2D eigenvalue weighted by molar-refractivity contribution is -0.264. The van der Waals surface area contributed by atoms with Gasteiger partial charge in [0.25, 0.3) is 0 Å². The van der Waals surface area contributed by atoms with Gasteiger partial charge in [0.1, 0.15) is 11.6 Å². The molecule has 0 amide bonds. The lowest BCUT2D eigenvalue weighted by Gasteiger charge is -2.26. The summed E-state index contributed by atoms with van der Waals surface area (Å²) in [6.07, 6.45) is -6.61. The molecule has 134 valence electrons. The summed E-state index contributed by atoms with van der Waals surface area (Å²) >= 11 is 0. The number of hydrogen-bond donors (Lipinski definition) is 0. The first-order valence-corrected chi connectivity index (χ1v) is 7.37. The topological polar surface area (TPSA) is 44.8 Å². The molecule has 24 heavy (non-hydrogen) atoms. The van der Waals surface area contributed by atoms with Crippen molar-refractivity contribution in [3.8, 4) is 5.75 Å². The highest BCUT2D eigenvalue weighted by Crippen LogP contribution is 2.51. The average molecular weight is 350 g/mol. The van der Waals surface area contributed by atoms with E-state index < -0.39 is 42.0 Å². The van der Waals surface area contributed by atoms with Crippen molar-refractivity contribution in [3.05, 3.63) is 29.6 Å². The highest BCUT2D eigenvalue weighted by molar-refractivity contribution is 5.77. The number of alkyl halides is 3. The summed E-state index contributed by atoms with van der Waals surface area (Å²) in [5.74, 6) is -2.39. The number of rotatable bonds is 4. The number of carbonyl (C=O) groups is 1. The molecule has 8 heteroatoms. The number of carbonyl (C=O) groups excluding carboxylic acids is 1. The normalized spacial score (nSPS) is 27.1. The van der Waals surface area contributed by atoms with Gasteiger partial charge < -0.3 is 14.2 Å². The third-order valence-electron chi connectivity index (χ3n) is 4.08. The van der Waals surface area contributed by atoms with Crippen LogP contribution in [0.4, 0.5) is 17.6 Å². The summed E-state index contributed by atoms with van der Waals surface area (Å²) in [7, 11) is 1.27. The second-order valence-electron chi connectivity index (χ2n) is 5.72. The van der Waals surface area contributed by atoms with Crippen LogP contribution in [-0.2, 0) is 14.3 Å².